The van der Waals surface area contributed by atoms with E-state index in [4.69, 9.17) is 4.98 Å². The maximum Gasteiger partial charge on any atom is 0.107 e. The van der Waals surface area contributed by atoms with E-state index in [0.717, 1.165) is 30.3 Å². The second kappa shape index (κ2) is 7.17. The van der Waals surface area contributed by atoms with Crippen LogP contribution in [0.4, 0.5) is 0 Å². The van der Waals surface area contributed by atoms with Gasteiger partial charge in [0, 0.05) is 36.6 Å². The van der Waals surface area contributed by atoms with Gasteiger partial charge in [-0.15, -0.1) is 17.9 Å². The van der Waals surface area contributed by atoms with Gasteiger partial charge in [0.15, 0.2) is 0 Å². The maximum absolute atomic E-state index is 4.70. The predicted molar refractivity (Wildman–Crippen MR) is 84.4 cm³/mol. The molecule has 0 saturated heterocycles. The van der Waals surface area contributed by atoms with Gasteiger partial charge in [-0.05, 0) is 34.6 Å². The summed E-state index contributed by atoms with van der Waals surface area (Å²) in [6, 6.07) is 0.510. The van der Waals surface area contributed by atoms with Gasteiger partial charge in [0.2, 0.25) is 0 Å². The molecule has 0 saturated carbocycles. The number of aromatic nitrogens is 1. The topological polar surface area (TPSA) is 28.2 Å². The number of thiazole rings is 1. The fourth-order valence-corrected chi connectivity index (χ4v) is 2.40. The van der Waals surface area contributed by atoms with Crippen LogP contribution in [-0.4, -0.2) is 28.0 Å². The van der Waals surface area contributed by atoms with Crippen LogP contribution < -0.4 is 5.32 Å². The number of hydrogen-bond acceptors (Lipinski definition) is 4. The monoisotopic (exact) mass is 281 g/mol. The van der Waals surface area contributed by atoms with Gasteiger partial charge < -0.3 is 5.32 Å². The average Bonchev–Trinajstić information content (AvgIpc) is 2.72. The van der Waals surface area contributed by atoms with E-state index < -0.39 is 0 Å². The van der Waals surface area contributed by atoms with Gasteiger partial charge in [0.25, 0.3) is 0 Å². The quantitative estimate of drug-likeness (QED) is 0.776. The van der Waals surface area contributed by atoms with Crippen molar-refractivity contribution >= 4 is 11.3 Å². The minimum absolute atomic E-state index is 0.138. The van der Waals surface area contributed by atoms with Crippen molar-refractivity contribution in [2.75, 3.05) is 6.54 Å². The zero-order chi connectivity index (χ0) is 14.5. The summed E-state index contributed by atoms with van der Waals surface area (Å²) < 4.78 is 0. The molecule has 3 nitrogen and oxygen atoms in total. The van der Waals surface area contributed by atoms with E-state index in [1.807, 2.05) is 6.08 Å². The summed E-state index contributed by atoms with van der Waals surface area (Å²) in [6.07, 6.45) is 1.95. The Morgan fingerprint density at radius 1 is 1.47 bits per heavy atom. The minimum Gasteiger partial charge on any atom is -0.306 e. The molecule has 0 radical (unpaired) electrons. The fraction of sp³-hybridized carbons (Fsp3) is 0.667. The Hall–Kier alpha value is -0.710. The smallest absolute Gasteiger partial charge is 0.107 e. The van der Waals surface area contributed by atoms with E-state index >= 15 is 0 Å². The summed E-state index contributed by atoms with van der Waals surface area (Å²) in [5.41, 5.74) is 1.30. The number of hydrogen-bond donors (Lipinski definition) is 1. The molecule has 0 fully saturated rings. The summed E-state index contributed by atoms with van der Waals surface area (Å²) in [7, 11) is 0. The molecule has 1 N–H and O–H groups in total. The Morgan fingerprint density at radius 2 is 2.16 bits per heavy atom. The van der Waals surface area contributed by atoms with Crippen molar-refractivity contribution < 1.29 is 0 Å². The first kappa shape index (κ1) is 16.3. The van der Waals surface area contributed by atoms with E-state index in [1.165, 1.54) is 0 Å². The van der Waals surface area contributed by atoms with Crippen molar-refractivity contribution in [3.63, 3.8) is 0 Å². The van der Waals surface area contributed by atoms with Gasteiger partial charge in [-0.3, -0.25) is 4.90 Å². The third-order valence-electron chi connectivity index (χ3n) is 2.83. The van der Waals surface area contributed by atoms with Crippen molar-refractivity contribution in [1.82, 2.24) is 15.2 Å². The largest absolute Gasteiger partial charge is 0.306 e. The second-order valence-electron chi connectivity index (χ2n) is 6.15. The molecule has 1 aromatic heterocycles. The van der Waals surface area contributed by atoms with Gasteiger partial charge in [0.1, 0.15) is 5.01 Å². The van der Waals surface area contributed by atoms with Crippen LogP contribution in [0.15, 0.2) is 18.0 Å². The molecule has 0 spiro atoms. The summed E-state index contributed by atoms with van der Waals surface area (Å²) in [5, 5.41) is 6.80. The third-order valence-corrected chi connectivity index (χ3v) is 3.73. The van der Waals surface area contributed by atoms with E-state index in [-0.39, 0.29) is 5.54 Å². The number of rotatable bonds is 7. The standard InChI is InChI=1S/C15H27N3S/c1-7-8-18(12(2)3)10-13-11-19-14(17-13)9-16-15(4,5)6/h7,11-12,16H,1,8-10H2,2-6H3. The van der Waals surface area contributed by atoms with Crippen molar-refractivity contribution in [3.8, 4) is 0 Å². The highest BCUT2D eigenvalue weighted by Gasteiger charge is 2.13. The van der Waals surface area contributed by atoms with E-state index in [1.54, 1.807) is 11.3 Å². The average molecular weight is 281 g/mol. The lowest BCUT2D eigenvalue weighted by Crippen LogP contribution is -2.35. The molecule has 0 aliphatic heterocycles. The zero-order valence-corrected chi connectivity index (χ0v) is 13.7. The van der Waals surface area contributed by atoms with Crippen LogP contribution in [-0.2, 0) is 13.1 Å². The molecular formula is C15H27N3S. The zero-order valence-electron chi connectivity index (χ0n) is 12.9. The van der Waals surface area contributed by atoms with Crippen LogP contribution in [0, 0.1) is 0 Å². The normalized spacial score (nSPS) is 12.4. The Labute approximate surface area is 121 Å². The Bertz CT molecular complexity index is 390. The van der Waals surface area contributed by atoms with Gasteiger partial charge in [-0.25, -0.2) is 4.98 Å². The molecule has 0 aliphatic rings. The highest BCUT2D eigenvalue weighted by molar-refractivity contribution is 7.09. The van der Waals surface area contributed by atoms with Crippen LogP contribution >= 0.6 is 11.3 Å². The second-order valence-corrected chi connectivity index (χ2v) is 7.09. The Balaban J connectivity index is 2.56. The minimum atomic E-state index is 0.138. The van der Waals surface area contributed by atoms with Crippen molar-refractivity contribution in [2.45, 2.75) is 59.3 Å². The molecule has 4 heteroatoms. The molecule has 19 heavy (non-hydrogen) atoms. The van der Waals surface area contributed by atoms with Gasteiger partial charge in [-0.2, -0.15) is 0 Å². The van der Waals surface area contributed by atoms with Crippen molar-refractivity contribution in [1.29, 1.82) is 0 Å². The first-order valence-electron chi connectivity index (χ1n) is 6.85. The van der Waals surface area contributed by atoms with Crippen molar-refractivity contribution in [2.24, 2.45) is 0 Å². The number of nitrogens with one attached hydrogen (secondary N) is 1. The van der Waals surface area contributed by atoms with Crippen LogP contribution in [0.1, 0.15) is 45.3 Å². The molecule has 0 unspecified atom stereocenters. The predicted octanol–water partition coefficient (Wildman–Crippen LogP) is 3.43. The summed E-state index contributed by atoms with van der Waals surface area (Å²) in [4.78, 5) is 7.06. The van der Waals surface area contributed by atoms with Crippen LogP contribution in [0.25, 0.3) is 0 Å². The lowest BCUT2D eigenvalue weighted by atomic mass is 10.1. The van der Waals surface area contributed by atoms with E-state index in [0.29, 0.717) is 6.04 Å². The van der Waals surface area contributed by atoms with Gasteiger partial charge >= 0.3 is 0 Å². The van der Waals surface area contributed by atoms with Gasteiger partial charge in [-0.1, -0.05) is 6.08 Å². The van der Waals surface area contributed by atoms with E-state index in [9.17, 15) is 0 Å². The fourth-order valence-electron chi connectivity index (χ4n) is 1.68. The molecular weight excluding hydrogens is 254 g/mol. The van der Waals surface area contributed by atoms with Crippen LogP contribution in [0.3, 0.4) is 0 Å². The van der Waals surface area contributed by atoms with Gasteiger partial charge in [0.05, 0.1) is 5.69 Å². The molecule has 0 atom stereocenters. The first-order valence-corrected chi connectivity index (χ1v) is 7.73. The van der Waals surface area contributed by atoms with Crippen LogP contribution in [0.2, 0.25) is 0 Å². The number of nitrogens with zero attached hydrogens (tertiary/aromatic N) is 2. The lowest BCUT2D eigenvalue weighted by molar-refractivity contribution is 0.235. The molecule has 1 heterocycles. The highest BCUT2D eigenvalue weighted by atomic mass is 32.1. The molecule has 0 amide bonds. The molecule has 0 aliphatic carbocycles. The molecule has 1 rings (SSSR count). The summed E-state index contributed by atoms with van der Waals surface area (Å²) in [6.45, 7) is 17.4. The Kier molecular flexibility index (Phi) is 6.17. The summed E-state index contributed by atoms with van der Waals surface area (Å²) in [5.74, 6) is 0. The molecule has 0 bridgehead atoms. The first-order chi connectivity index (χ1) is 8.81. The Morgan fingerprint density at radius 3 is 2.68 bits per heavy atom. The third kappa shape index (κ3) is 6.32. The molecule has 1 aromatic rings. The molecule has 0 aromatic carbocycles. The van der Waals surface area contributed by atoms with E-state index in [2.05, 4.69) is 56.8 Å². The molecule has 108 valence electrons. The SMILES string of the molecule is C=CCN(Cc1csc(CNC(C)(C)C)n1)C(C)C. The lowest BCUT2D eigenvalue weighted by Gasteiger charge is -2.23. The maximum atomic E-state index is 4.70. The highest BCUT2D eigenvalue weighted by Crippen LogP contribution is 2.14. The van der Waals surface area contributed by atoms with Crippen LogP contribution in [0.5, 0.6) is 0 Å². The van der Waals surface area contributed by atoms with Crippen molar-refractivity contribution in [3.05, 3.63) is 28.7 Å². The summed E-state index contributed by atoms with van der Waals surface area (Å²) >= 11 is 1.74.